The van der Waals surface area contributed by atoms with Gasteiger partial charge in [0.15, 0.2) is 6.54 Å². The Balaban J connectivity index is 0.00000338. The van der Waals surface area contributed by atoms with Crippen molar-refractivity contribution < 1.29 is 26.4 Å². The Bertz CT molecular complexity index is 595. The van der Waals surface area contributed by atoms with Gasteiger partial charge in [0, 0.05) is 5.02 Å². The summed E-state index contributed by atoms with van der Waals surface area (Å²) in [6, 6.07) is 8.00. The first kappa shape index (κ1) is 23.0. The minimum absolute atomic E-state index is 0. The maximum Gasteiger partial charge on any atom is 0.361 e. The van der Waals surface area contributed by atoms with E-state index in [9.17, 15) is 4.79 Å². The number of nitrogens with zero attached hydrogens (tertiary/aromatic N) is 1. The molecule has 0 saturated carbocycles. The Hall–Kier alpha value is -1.03. The first-order chi connectivity index (χ1) is 12.0. The number of allylic oxidation sites excluding steroid dienone is 1. The van der Waals surface area contributed by atoms with Gasteiger partial charge in [0.25, 0.3) is 0 Å². The molecule has 1 aliphatic heterocycles. The maximum atomic E-state index is 12.2. The molecule has 146 valence electrons. The van der Waals surface area contributed by atoms with Crippen molar-refractivity contribution >= 4 is 17.6 Å². The van der Waals surface area contributed by atoms with Crippen LogP contribution >= 0.6 is 11.6 Å². The summed E-state index contributed by atoms with van der Waals surface area (Å²) < 4.78 is 6.18. The molecule has 5 heteroatoms. The predicted octanol–water partition coefficient (Wildman–Crippen LogP) is 1.79. The number of rotatable bonds is 8. The molecule has 1 fully saturated rings. The van der Waals surface area contributed by atoms with Gasteiger partial charge in [-0.3, -0.25) is 0 Å². The minimum Gasteiger partial charge on any atom is -1.00 e. The van der Waals surface area contributed by atoms with Gasteiger partial charge >= 0.3 is 5.97 Å². The molecule has 0 N–H and O–H groups in total. The van der Waals surface area contributed by atoms with E-state index in [1.165, 1.54) is 24.8 Å². The van der Waals surface area contributed by atoms with Crippen molar-refractivity contribution in [2.75, 3.05) is 32.8 Å². The number of quaternary nitrogens is 1. The Kier molecular flexibility index (Phi) is 10.3. The van der Waals surface area contributed by atoms with Crippen LogP contribution in [0.15, 0.2) is 35.9 Å². The number of carbonyl (C=O) groups is 1. The van der Waals surface area contributed by atoms with Crippen molar-refractivity contribution in [3.8, 4) is 0 Å². The molecule has 0 aromatic heterocycles. The van der Waals surface area contributed by atoms with Crippen LogP contribution in [0.25, 0.3) is 0 Å². The van der Waals surface area contributed by atoms with Gasteiger partial charge in [-0.25, -0.2) is 4.79 Å². The largest absolute Gasteiger partial charge is 1.00 e. The third-order valence-electron chi connectivity index (χ3n) is 4.95. The number of esters is 1. The highest BCUT2D eigenvalue weighted by molar-refractivity contribution is 6.31. The smallest absolute Gasteiger partial charge is 0.361 e. The van der Waals surface area contributed by atoms with Crippen LogP contribution in [0.1, 0.15) is 45.1 Å². The van der Waals surface area contributed by atoms with Crippen molar-refractivity contribution in [1.29, 1.82) is 0 Å². The number of likely N-dealkylation sites (tertiary alicyclic amines) is 1. The normalized spacial score (nSPS) is 16.7. The number of piperidine rings is 1. The van der Waals surface area contributed by atoms with E-state index in [2.05, 4.69) is 19.1 Å². The van der Waals surface area contributed by atoms with E-state index >= 15 is 0 Å². The van der Waals surface area contributed by atoms with E-state index in [0.29, 0.717) is 13.2 Å². The molecule has 1 aromatic carbocycles. The number of carbonyl (C=O) groups excluding carboxylic acids is 1. The standard InChI is InChI=1S/C21H31ClNO2.ClH/c1-3-15-25-21(24)17-23(12-7-4-8-13-23)14-11-18(2)16-19-9-5-6-10-20(19)22;/h5-6,9-11H,3-4,7-8,12-17H2,1-2H3;1H/q+1;/p-1/b18-11+;. The Morgan fingerprint density at radius 2 is 1.92 bits per heavy atom. The monoisotopic (exact) mass is 399 g/mol. The highest BCUT2D eigenvalue weighted by Crippen LogP contribution is 2.22. The van der Waals surface area contributed by atoms with Crippen LogP contribution in [0.4, 0.5) is 0 Å². The Labute approximate surface area is 169 Å². The van der Waals surface area contributed by atoms with Crippen LogP contribution in [0, 0.1) is 0 Å². The molecular weight excluding hydrogens is 369 g/mol. The topological polar surface area (TPSA) is 26.3 Å². The number of benzene rings is 1. The third kappa shape index (κ3) is 7.30. The lowest BCUT2D eigenvalue weighted by atomic mass is 10.0. The molecule has 0 spiro atoms. The summed E-state index contributed by atoms with van der Waals surface area (Å²) in [5, 5.41) is 0.820. The molecule has 0 unspecified atom stereocenters. The summed E-state index contributed by atoms with van der Waals surface area (Å²) in [7, 11) is 0. The van der Waals surface area contributed by atoms with Crippen molar-refractivity contribution in [2.45, 2.75) is 46.0 Å². The highest BCUT2D eigenvalue weighted by atomic mass is 35.5. The summed E-state index contributed by atoms with van der Waals surface area (Å²) in [4.78, 5) is 12.2. The summed E-state index contributed by atoms with van der Waals surface area (Å²) in [6.45, 7) is 8.24. The van der Waals surface area contributed by atoms with E-state index in [1.54, 1.807) is 0 Å². The van der Waals surface area contributed by atoms with Crippen LogP contribution in [0.3, 0.4) is 0 Å². The second-order valence-corrected chi connectivity index (χ2v) is 7.64. The second kappa shape index (κ2) is 11.6. The van der Waals surface area contributed by atoms with Gasteiger partial charge < -0.3 is 21.6 Å². The molecule has 0 amide bonds. The molecule has 0 bridgehead atoms. The molecule has 0 atom stereocenters. The molecule has 1 aromatic rings. The van der Waals surface area contributed by atoms with Gasteiger partial charge in [-0.05, 0) is 56.7 Å². The van der Waals surface area contributed by atoms with E-state index in [0.717, 1.165) is 47.5 Å². The van der Waals surface area contributed by atoms with Gasteiger partial charge in [0.05, 0.1) is 26.2 Å². The van der Waals surface area contributed by atoms with Crippen LogP contribution < -0.4 is 12.4 Å². The van der Waals surface area contributed by atoms with Crippen LogP contribution in [0.5, 0.6) is 0 Å². The minimum atomic E-state index is -0.0547. The van der Waals surface area contributed by atoms with Crippen LogP contribution in [-0.2, 0) is 16.0 Å². The first-order valence-corrected chi connectivity index (χ1v) is 9.82. The lowest BCUT2D eigenvalue weighted by Gasteiger charge is -2.40. The molecule has 26 heavy (non-hydrogen) atoms. The third-order valence-corrected chi connectivity index (χ3v) is 5.32. The quantitative estimate of drug-likeness (QED) is 0.378. The van der Waals surface area contributed by atoms with Crippen molar-refractivity contribution in [1.82, 2.24) is 0 Å². The van der Waals surface area contributed by atoms with Crippen molar-refractivity contribution in [3.05, 3.63) is 46.5 Å². The van der Waals surface area contributed by atoms with E-state index in [1.807, 2.05) is 25.1 Å². The SMILES string of the molecule is CCCOC(=O)C[N+]1(C/C=C(\C)Cc2ccccc2Cl)CCCCC1.[Cl-]. The van der Waals surface area contributed by atoms with Crippen LogP contribution in [-0.4, -0.2) is 43.2 Å². The summed E-state index contributed by atoms with van der Waals surface area (Å²) in [5.41, 5.74) is 2.46. The number of halogens is 2. The molecule has 1 aliphatic rings. The lowest BCUT2D eigenvalue weighted by Crippen LogP contribution is -3.00. The van der Waals surface area contributed by atoms with Gasteiger partial charge in [-0.1, -0.05) is 42.3 Å². The molecule has 0 aliphatic carbocycles. The zero-order chi connectivity index (χ0) is 18.1. The van der Waals surface area contributed by atoms with Gasteiger partial charge in [0.1, 0.15) is 0 Å². The maximum absolute atomic E-state index is 12.2. The predicted molar refractivity (Wildman–Crippen MR) is 104 cm³/mol. The molecule has 1 saturated heterocycles. The van der Waals surface area contributed by atoms with Gasteiger partial charge in [-0.2, -0.15) is 0 Å². The number of hydrogen-bond donors (Lipinski definition) is 0. The zero-order valence-corrected chi connectivity index (χ0v) is 17.5. The fraction of sp³-hybridized carbons (Fsp3) is 0.571. The molecular formula is C21H31Cl2NO2. The lowest BCUT2D eigenvalue weighted by molar-refractivity contribution is -0.920. The second-order valence-electron chi connectivity index (χ2n) is 7.23. The Morgan fingerprint density at radius 1 is 1.23 bits per heavy atom. The Morgan fingerprint density at radius 3 is 2.58 bits per heavy atom. The fourth-order valence-corrected chi connectivity index (χ4v) is 3.69. The average molecular weight is 400 g/mol. The van der Waals surface area contributed by atoms with Gasteiger partial charge in [-0.15, -0.1) is 0 Å². The van der Waals surface area contributed by atoms with E-state index in [4.69, 9.17) is 16.3 Å². The van der Waals surface area contributed by atoms with Crippen LogP contribution in [0.2, 0.25) is 5.02 Å². The number of ether oxygens (including phenoxy) is 1. The molecule has 2 rings (SSSR count). The summed E-state index contributed by atoms with van der Waals surface area (Å²) in [6.07, 6.45) is 7.69. The van der Waals surface area contributed by atoms with E-state index < -0.39 is 0 Å². The molecule has 3 nitrogen and oxygen atoms in total. The molecule has 1 heterocycles. The fourth-order valence-electron chi connectivity index (χ4n) is 3.49. The number of hydrogen-bond acceptors (Lipinski definition) is 2. The van der Waals surface area contributed by atoms with Crippen molar-refractivity contribution in [3.63, 3.8) is 0 Å². The molecule has 0 radical (unpaired) electrons. The first-order valence-electron chi connectivity index (χ1n) is 9.44. The van der Waals surface area contributed by atoms with Gasteiger partial charge in [0.2, 0.25) is 0 Å². The summed E-state index contributed by atoms with van der Waals surface area (Å²) >= 11 is 6.27. The summed E-state index contributed by atoms with van der Waals surface area (Å²) in [5.74, 6) is -0.0547. The van der Waals surface area contributed by atoms with Crippen molar-refractivity contribution in [2.24, 2.45) is 0 Å². The average Bonchev–Trinajstić information content (AvgIpc) is 2.61. The zero-order valence-electron chi connectivity index (χ0n) is 16.0. The highest BCUT2D eigenvalue weighted by Gasteiger charge is 2.32. The van der Waals surface area contributed by atoms with E-state index in [-0.39, 0.29) is 18.4 Å².